The van der Waals surface area contributed by atoms with Crippen LogP contribution in [-0.2, 0) is 16.0 Å². The van der Waals surface area contributed by atoms with E-state index in [0.717, 1.165) is 24.1 Å². The Labute approximate surface area is 154 Å². The van der Waals surface area contributed by atoms with E-state index in [-0.39, 0.29) is 42.2 Å². The Bertz CT molecular complexity index is 524. The Kier molecular flexibility index (Phi) is 11.4. The number of carbonyl (C=O) groups is 1. The van der Waals surface area contributed by atoms with Crippen molar-refractivity contribution in [1.82, 2.24) is 10.6 Å². The maximum atomic E-state index is 13.0. The molecular formula is C16H25FIN3O2. The maximum Gasteiger partial charge on any atom is 0.307 e. The van der Waals surface area contributed by atoms with Crippen LogP contribution in [0.25, 0.3) is 0 Å². The van der Waals surface area contributed by atoms with Gasteiger partial charge in [-0.25, -0.2) is 4.39 Å². The van der Waals surface area contributed by atoms with Crippen LogP contribution in [0, 0.1) is 12.7 Å². The van der Waals surface area contributed by atoms with Crippen LogP contribution in [0.1, 0.15) is 24.5 Å². The number of benzene rings is 1. The minimum Gasteiger partial charge on any atom is -0.469 e. The molecule has 0 amide bonds. The Morgan fingerprint density at radius 2 is 2.09 bits per heavy atom. The largest absolute Gasteiger partial charge is 0.469 e. The summed E-state index contributed by atoms with van der Waals surface area (Å²) < 4.78 is 17.6. The fourth-order valence-corrected chi connectivity index (χ4v) is 1.96. The van der Waals surface area contributed by atoms with E-state index < -0.39 is 0 Å². The first kappa shape index (κ1) is 21.6. The smallest absolute Gasteiger partial charge is 0.307 e. The van der Waals surface area contributed by atoms with E-state index in [9.17, 15) is 9.18 Å². The van der Waals surface area contributed by atoms with Crippen molar-refractivity contribution in [3.8, 4) is 0 Å². The lowest BCUT2D eigenvalue weighted by Crippen LogP contribution is -2.38. The van der Waals surface area contributed by atoms with Crippen molar-refractivity contribution < 1.29 is 13.9 Å². The highest BCUT2D eigenvalue weighted by Gasteiger charge is 2.03. The molecule has 0 aliphatic carbocycles. The number of carbonyl (C=O) groups excluding carboxylic acids is 1. The molecule has 0 aromatic heterocycles. The lowest BCUT2D eigenvalue weighted by molar-refractivity contribution is -0.140. The second kappa shape index (κ2) is 12.1. The first-order valence-corrected chi connectivity index (χ1v) is 7.40. The predicted octanol–water partition coefficient (Wildman–Crippen LogP) is 2.41. The number of aryl methyl sites for hydroxylation is 1. The molecular weight excluding hydrogens is 412 g/mol. The van der Waals surface area contributed by atoms with Crippen molar-refractivity contribution in [1.29, 1.82) is 0 Å². The molecule has 0 heterocycles. The van der Waals surface area contributed by atoms with Gasteiger partial charge in [0.1, 0.15) is 5.82 Å². The number of hydrogen-bond donors (Lipinski definition) is 2. The molecule has 0 aliphatic heterocycles. The first-order valence-electron chi connectivity index (χ1n) is 7.40. The van der Waals surface area contributed by atoms with Crippen molar-refractivity contribution in [3.63, 3.8) is 0 Å². The molecule has 0 aliphatic rings. The van der Waals surface area contributed by atoms with Crippen LogP contribution in [0.5, 0.6) is 0 Å². The Hall–Kier alpha value is -1.38. The number of ether oxygens (including phenoxy) is 1. The van der Waals surface area contributed by atoms with E-state index in [2.05, 4.69) is 20.4 Å². The standard InChI is InChI=1S/C16H24FN3O2.HI/c1-4-18-16(20-10-8-15(21)22-3)19-9-7-13-5-6-14(17)11-12(13)2;/h5-6,11H,4,7-10H2,1-3H3,(H2,18,19,20);1H. The van der Waals surface area contributed by atoms with Gasteiger partial charge in [0.2, 0.25) is 0 Å². The monoisotopic (exact) mass is 437 g/mol. The topological polar surface area (TPSA) is 62.7 Å². The summed E-state index contributed by atoms with van der Waals surface area (Å²) in [5.41, 5.74) is 2.04. The van der Waals surface area contributed by atoms with Gasteiger partial charge in [-0.2, -0.15) is 0 Å². The molecule has 0 spiro atoms. The summed E-state index contributed by atoms with van der Waals surface area (Å²) in [6.45, 7) is 5.66. The number of guanidine groups is 1. The SMILES string of the molecule is CCNC(=NCCC(=O)OC)NCCc1ccc(F)cc1C.I. The van der Waals surface area contributed by atoms with Gasteiger partial charge >= 0.3 is 5.97 Å². The van der Waals surface area contributed by atoms with E-state index in [0.29, 0.717) is 19.0 Å². The molecule has 5 nitrogen and oxygen atoms in total. The number of methoxy groups -OCH3 is 1. The predicted molar refractivity (Wildman–Crippen MR) is 101 cm³/mol. The quantitative estimate of drug-likeness (QED) is 0.298. The van der Waals surface area contributed by atoms with Crippen molar-refractivity contribution >= 4 is 35.9 Å². The zero-order chi connectivity index (χ0) is 16.4. The van der Waals surface area contributed by atoms with Crippen LogP contribution >= 0.6 is 24.0 Å². The highest BCUT2D eigenvalue weighted by atomic mass is 127. The summed E-state index contributed by atoms with van der Waals surface area (Å²) >= 11 is 0. The van der Waals surface area contributed by atoms with Gasteiger partial charge in [0.25, 0.3) is 0 Å². The van der Waals surface area contributed by atoms with E-state index in [1.165, 1.54) is 19.2 Å². The Morgan fingerprint density at radius 3 is 2.70 bits per heavy atom. The van der Waals surface area contributed by atoms with E-state index in [1.807, 2.05) is 13.8 Å². The number of esters is 1. The lowest BCUT2D eigenvalue weighted by Gasteiger charge is -2.12. The highest BCUT2D eigenvalue weighted by molar-refractivity contribution is 14.0. The number of hydrogen-bond acceptors (Lipinski definition) is 3. The normalized spacial score (nSPS) is 10.7. The second-order valence-electron chi connectivity index (χ2n) is 4.83. The Balaban J connectivity index is 0.00000484. The van der Waals surface area contributed by atoms with Gasteiger partial charge in [0, 0.05) is 13.1 Å². The van der Waals surface area contributed by atoms with Crippen LogP contribution in [0.15, 0.2) is 23.2 Å². The second-order valence-corrected chi connectivity index (χ2v) is 4.83. The summed E-state index contributed by atoms with van der Waals surface area (Å²) in [5.74, 6) is 0.166. The minimum atomic E-state index is -0.276. The number of rotatable bonds is 7. The molecule has 7 heteroatoms. The summed E-state index contributed by atoms with van der Waals surface area (Å²) in [4.78, 5) is 15.4. The molecule has 23 heavy (non-hydrogen) atoms. The summed E-state index contributed by atoms with van der Waals surface area (Å²) in [7, 11) is 1.36. The van der Waals surface area contributed by atoms with Gasteiger partial charge in [-0.05, 0) is 43.5 Å². The van der Waals surface area contributed by atoms with Crippen LogP contribution in [0.2, 0.25) is 0 Å². The number of aliphatic imine (C=N–C) groups is 1. The summed E-state index contributed by atoms with van der Waals surface area (Å²) in [6, 6.07) is 4.80. The Morgan fingerprint density at radius 1 is 1.35 bits per heavy atom. The third kappa shape index (κ3) is 8.73. The molecule has 0 bridgehead atoms. The van der Waals surface area contributed by atoms with Gasteiger partial charge in [-0.15, -0.1) is 24.0 Å². The summed E-state index contributed by atoms with van der Waals surface area (Å²) in [5, 5.41) is 6.31. The fourth-order valence-electron chi connectivity index (χ4n) is 1.96. The molecule has 0 saturated carbocycles. The number of nitrogens with one attached hydrogen (secondary N) is 2. The van der Waals surface area contributed by atoms with Crippen LogP contribution in [0.3, 0.4) is 0 Å². The number of nitrogens with zero attached hydrogens (tertiary/aromatic N) is 1. The van der Waals surface area contributed by atoms with Crippen LogP contribution in [-0.4, -0.2) is 38.7 Å². The van der Waals surface area contributed by atoms with Crippen molar-refractivity contribution in [2.45, 2.75) is 26.7 Å². The van der Waals surface area contributed by atoms with Gasteiger partial charge in [-0.3, -0.25) is 9.79 Å². The number of halogens is 2. The summed E-state index contributed by atoms with van der Waals surface area (Å²) in [6.07, 6.45) is 1.03. The first-order chi connectivity index (χ1) is 10.6. The molecule has 1 rings (SSSR count). The lowest BCUT2D eigenvalue weighted by atomic mass is 10.1. The molecule has 0 saturated heterocycles. The van der Waals surface area contributed by atoms with Gasteiger partial charge < -0.3 is 15.4 Å². The van der Waals surface area contributed by atoms with Gasteiger partial charge in [0.05, 0.1) is 20.1 Å². The van der Waals surface area contributed by atoms with E-state index >= 15 is 0 Å². The molecule has 0 fully saturated rings. The molecule has 0 radical (unpaired) electrons. The van der Waals surface area contributed by atoms with E-state index in [1.54, 1.807) is 6.07 Å². The molecule has 2 N–H and O–H groups in total. The highest BCUT2D eigenvalue weighted by Crippen LogP contribution is 2.10. The van der Waals surface area contributed by atoms with Gasteiger partial charge in [-0.1, -0.05) is 6.07 Å². The third-order valence-electron chi connectivity index (χ3n) is 3.15. The third-order valence-corrected chi connectivity index (χ3v) is 3.15. The molecule has 0 atom stereocenters. The zero-order valence-electron chi connectivity index (χ0n) is 13.8. The van der Waals surface area contributed by atoms with Gasteiger partial charge in [0.15, 0.2) is 5.96 Å². The average Bonchev–Trinajstić information content (AvgIpc) is 2.49. The van der Waals surface area contributed by atoms with Crippen molar-refractivity contribution in [2.24, 2.45) is 4.99 Å². The fraction of sp³-hybridized carbons (Fsp3) is 0.500. The van der Waals surface area contributed by atoms with Crippen molar-refractivity contribution in [3.05, 3.63) is 35.1 Å². The molecule has 1 aromatic carbocycles. The molecule has 0 unspecified atom stereocenters. The van der Waals surface area contributed by atoms with E-state index in [4.69, 9.17) is 0 Å². The minimum absolute atomic E-state index is 0. The molecule has 1 aromatic rings. The van der Waals surface area contributed by atoms with Crippen molar-refractivity contribution in [2.75, 3.05) is 26.7 Å². The van der Waals surface area contributed by atoms with Crippen LogP contribution < -0.4 is 10.6 Å². The average molecular weight is 437 g/mol. The van der Waals surface area contributed by atoms with Crippen LogP contribution in [0.4, 0.5) is 4.39 Å². The zero-order valence-corrected chi connectivity index (χ0v) is 16.1. The molecule has 130 valence electrons. The maximum absolute atomic E-state index is 13.0.